The Hall–Kier alpha value is -4.76. The van der Waals surface area contributed by atoms with Crippen molar-refractivity contribution in [3.8, 4) is 22.4 Å². The van der Waals surface area contributed by atoms with Crippen molar-refractivity contribution in [1.82, 2.24) is 9.97 Å². The van der Waals surface area contributed by atoms with Crippen LogP contribution in [0.15, 0.2) is 84.5 Å². The van der Waals surface area contributed by atoms with Gasteiger partial charge in [-0.25, -0.2) is 14.8 Å². The number of anilines is 3. The third-order valence-electron chi connectivity index (χ3n) is 7.26. The highest BCUT2D eigenvalue weighted by molar-refractivity contribution is 7.18. The Labute approximate surface area is 241 Å². The van der Waals surface area contributed by atoms with Gasteiger partial charge in [0, 0.05) is 53.1 Å². The number of carboxylic acid groups (broad SMARTS) is 1. The molecule has 6 rings (SSSR count). The molecule has 0 saturated carbocycles. The first-order valence-electron chi connectivity index (χ1n) is 13.6. The van der Waals surface area contributed by atoms with Gasteiger partial charge in [-0.2, -0.15) is 0 Å². The summed E-state index contributed by atoms with van der Waals surface area (Å²) in [6.45, 7) is 2.17. The molecule has 0 bridgehead atoms. The van der Waals surface area contributed by atoms with Gasteiger partial charge < -0.3 is 20.6 Å². The standard InChI is InChI=1S/C32H29N5O3S/c38-28(39)16-5-21-3-6-22(7-4-21)27-19-41-31-29(33-20-34-30(27)31)23-8-10-24(11-9-23)35-32(40)36-25-12-14-26(15-13-25)37-17-1-2-18-37/h3-4,6-15,19-20H,1-2,5,16-18H2,(H,38,39)(H2,35,36,40). The molecule has 1 fully saturated rings. The van der Waals surface area contributed by atoms with Crippen LogP contribution in [0.2, 0.25) is 0 Å². The van der Waals surface area contributed by atoms with Crippen LogP contribution in [0.25, 0.3) is 32.6 Å². The number of nitrogens with one attached hydrogen (secondary N) is 2. The summed E-state index contributed by atoms with van der Waals surface area (Å²) in [6.07, 6.45) is 4.65. The number of rotatable bonds is 8. The fourth-order valence-corrected chi connectivity index (χ4v) is 6.14. The average Bonchev–Trinajstić information content (AvgIpc) is 3.68. The fraction of sp³-hybridized carbons (Fsp3) is 0.188. The normalized spacial score (nSPS) is 12.9. The quantitative estimate of drug-likeness (QED) is 0.183. The highest BCUT2D eigenvalue weighted by Gasteiger charge is 2.15. The first-order chi connectivity index (χ1) is 20.0. The van der Waals surface area contributed by atoms with Crippen molar-refractivity contribution in [3.05, 3.63) is 90.1 Å². The monoisotopic (exact) mass is 563 g/mol. The van der Waals surface area contributed by atoms with E-state index in [2.05, 4.69) is 30.9 Å². The minimum absolute atomic E-state index is 0.114. The molecule has 3 heterocycles. The largest absolute Gasteiger partial charge is 0.481 e. The van der Waals surface area contributed by atoms with E-state index in [-0.39, 0.29) is 12.5 Å². The van der Waals surface area contributed by atoms with Crippen molar-refractivity contribution < 1.29 is 14.7 Å². The van der Waals surface area contributed by atoms with E-state index < -0.39 is 5.97 Å². The molecule has 41 heavy (non-hydrogen) atoms. The number of benzene rings is 3. The molecule has 0 aliphatic carbocycles. The van der Waals surface area contributed by atoms with Gasteiger partial charge in [0.1, 0.15) is 6.33 Å². The van der Waals surface area contributed by atoms with E-state index in [1.54, 1.807) is 17.7 Å². The molecule has 1 saturated heterocycles. The number of fused-ring (bicyclic) bond motifs is 1. The van der Waals surface area contributed by atoms with Crippen LogP contribution in [0.1, 0.15) is 24.8 Å². The number of hydrogen-bond donors (Lipinski definition) is 3. The van der Waals surface area contributed by atoms with Gasteiger partial charge in [0.25, 0.3) is 0 Å². The zero-order valence-electron chi connectivity index (χ0n) is 22.3. The van der Waals surface area contributed by atoms with Crippen molar-refractivity contribution in [2.24, 2.45) is 0 Å². The number of carboxylic acids is 1. The van der Waals surface area contributed by atoms with E-state index >= 15 is 0 Å². The number of aryl methyl sites for hydroxylation is 1. The third-order valence-corrected chi connectivity index (χ3v) is 8.23. The first-order valence-corrected chi connectivity index (χ1v) is 14.5. The maximum Gasteiger partial charge on any atom is 0.323 e. The summed E-state index contributed by atoms with van der Waals surface area (Å²) in [4.78, 5) is 34.9. The second-order valence-electron chi connectivity index (χ2n) is 10.0. The summed E-state index contributed by atoms with van der Waals surface area (Å²) in [7, 11) is 0. The predicted octanol–water partition coefficient (Wildman–Crippen LogP) is 7.29. The number of hydrogen-bond acceptors (Lipinski definition) is 6. The van der Waals surface area contributed by atoms with Crippen molar-refractivity contribution >= 4 is 50.6 Å². The molecule has 9 heteroatoms. The Bertz CT molecular complexity index is 1680. The molecule has 5 aromatic rings. The van der Waals surface area contributed by atoms with Gasteiger partial charge in [-0.3, -0.25) is 4.79 Å². The maximum absolute atomic E-state index is 12.6. The average molecular weight is 564 g/mol. The Kier molecular flexibility index (Phi) is 7.60. The second-order valence-corrected chi connectivity index (χ2v) is 10.9. The molecule has 2 aromatic heterocycles. The van der Waals surface area contributed by atoms with Crippen molar-refractivity contribution in [3.63, 3.8) is 0 Å². The van der Waals surface area contributed by atoms with Crippen LogP contribution >= 0.6 is 11.3 Å². The van der Waals surface area contributed by atoms with Gasteiger partial charge in [0.15, 0.2) is 0 Å². The van der Waals surface area contributed by atoms with Gasteiger partial charge in [0.2, 0.25) is 0 Å². The zero-order valence-corrected chi connectivity index (χ0v) is 23.2. The van der Waals surface area contributed by atoms with Gasteiger partial charge >= 0.3 is 12.0 Å². The first kappa shape index (κ1) is 26.5. The lowest BCUT2D eigenvalue weighted by molar-refractivity contribution is -0.136. The third kappa shape index (κ3) is 6.05. The number of urea groups is 1. The van der Waals surface area contributed by atoms with Crippen LogP contribution in [-0.4, -0.2) is 40.2 Å². The molecule has 3 aromatic carbocycles. The lowest BCUT2D eigenvalue weighted by Gasteiger charge is -2.17. The van der Waals surface area contributed by atoms with Crippen LogP contribution in [0.5, 0.6) is 0 Å². The minimum Gasteiger partial charge on any atom is -0.481 e. The summed E-state index contributed by atoms with van der Waals surface area (Å²) in [5.41, 5.74) is 8.27. The molecule has 8 nitrogen and oxygen atoms in total. The summed E-state index contributed by atoms with van der Waals surface area (Å²) >= 11 is 1.59. The van der Waals surface area contributed by atoms with E-state index in [4.69, 9.17) is 5.11 Å². The fourth-order valence-electron chi connectivity index (χ4n) is 5.10. The minimum atomic E-state index is -0.798. The molecule has 1 aliphatic rings. The molecule has 1 aliphatic heterocycles. The number of carbonyl (C=O) groups excluding carboxylic acids is 1. The summed E-state index contributed by atoms with van der Waals surface area (Å²) in [5.74, 6) is -0.798. The van der Waals surface area contributed by atoms with Gasteiger partial charge in [-0.05, 0) is 66.8 Å². The SMILES string of the molecule is O=C(O)CCc1ccc(-c2csc3c(-c4ccc(NC(=O)Nc5ccc(N6CCCC6)cc5)cc4)ncnc23)cc1. The molecule has 0 spiro atoms. The number of thiophene rings is 1. The van der Waals surface area contributed by atoms with E-state index in [0.29, 0.717) is 12.1 Å². The highest BCUT2D eigenvalue weighted by atomic mass is 32.1. The molecule has 0 radical (unpaired) electrons. The molecule has 3 N–H and O–H groups in total. The number of nitrogens with zero attached hydrogens (tertiary/aromatic N) is 3. The number of amides is 2. The van der Waals surface area contributed by atoms with Crippen molar-refractivity contribution in [2.45, 2.75) is 25.7 Å². The Morgan fingerprint density at radius 3 is 2.12 bits per heavy atom. The van der Waals surface area contributed by atoms with E-state index in [9.17, 15) is 9.59 Å². The van der Waals surface area contributed by atoms with Crippen LogP contribution < -0.4 is 15.5 Å². The van der Waals surface area contributed by atoms with E-state index in [1.165, 1.54) is 18.5 Å². The predicted molar refractivity (Wildman–Crippen MR) is 165 cm³/mol. The smallest absolute Gasteiger partial charge is 0.323 e. The lowest BCUT2D eigenvalue weighted by atomic mass is 10.0. The highest BCUT2D eigenvalue weighted by Crippen LogP contribution is 2.37. The Morgan fingerprint density at radius 2 is 1.46 bits per heavy atom. The van der Waals surface area contributed by atoms with Gasteiger partial charge in [-0.1, -0.05) is 36.4 Å². The van der Waals surface area contributed by atoms with Gasteiger partial charge in [-0.15, -0.1) is 11.3 Å². The summed E-state index contributed by atoms with van der Waals surface area (Å²) in [5, 5.41) is 16.8. The van der Waals surface area contributed by atoms with E-state index in [1.807, 2.05) is 72.8 Å². The Morgan fingerprint density at radius 1 is 0.829 bits per heavy atom. The molecule has 0 atom stereocenters. The van der Waals surface area contributed by atoms with Crippen LogP contribution in [0.3, 0.4) is 0 Å². The molecule has 206 valence electrons. The summed E-state index contributed by atoms with van der Waals surface area (Å²) < 4.78 is 0.980. The molecule has 0 unspecified atom stereocenters. The van der Waals surface area contributed by atoms with Crippen molar-refractivity contribution in [2.75, 3.05) is 28.6 Å². The van der Waals surface area contributed by atoms with Crippen LogP contribution in [-0.2, 0) is 11.2 Å². The number of aromatic nitrogens is 2. The van der Waals surface area contributed by atoms with Crippen LogP contribution in [0, 0.1) is 0 Å². The van der Waals surface area contributed by atoms with E-state index in [0.717, 1.165) is 56.9 Å². The Balaban J connectivity index is 1.13. The zero-order chi connectivity index (χ0) is 28.2. The summed E-state index contributed by atoms with van der Waals surface area (Å²) in [6, 6.07) is 23.2. The maximum atomic E-state index is 12.6. The second kappa shape index (κ2) is 11.8. The number of carbonyl (C=O) groups is 2. The van der Waals surface area contributed by atoms with Gasteiger partial charge in [0.05, 0.1) is 15.9 Å². The number of aliphatic carboxylic acids is 1. The topological polar surface area (TPSA) is 107 Å². The lowest BCUT2D eigenvalue weighted by Crippen LogP contribution is -2.20. The molecular weight excluding hydrogens is 534 g/mol. The van der Waals surface area contributed by atoms with Crippen molar-refractivity contribution in [1.29, 1.82) is 0 Å². The molecule has 2 amide bonds. The van der Waals surface area contributed by atoms with Crippen LogP contribution in [0.4, 0.5) is 21.9 Å². The molecular formula is C32H29N5O3S.